The highest BCUT2D eigenvalue weighted by Gasteiger charge is 2.29. The first kappa shape index (κ1) is 13.8. The molecule has 0 amide bonds. The third kappa shape index (κ3) is 2.69. The maximum Gasteiger partial charge on any atom is 0.416 e. The normalized spacial score (nSPS) is 12.0. The summed E-state index contributed by atoms with van der Waals surface area (Å²) in [5, 5.41) is 0. The number of rotatable bonds is 2. The zero-order valence-electron chi connectivity index (χ0n) is 10.7. The predicted molar refractivity (Wildman–Crippen MR) is 75.5 cm³/mol. The summed E-state index contributed by atoms with van der Waals surface area (Å²) in [7, 11) is 0. The molecule has 0 aliphatic carbocycles. The van der Waals surface area contributed by atoms with Crippen LogP contribution in [0.25, 0.3) is 11.0 Å². The minimum atomic E-state index is -4.32. The third-order valence-electron chi connectivity index (χ3n) is 3.20. The molecule has 2 heterocycles. The van der Waals surface area contributed by atoms with E-state index in [4.69, 9.17) is 12.2 Å². The fraction of sp³-hybridized carbons (Fsp3) is 0.143. The molecule has 0 spiro atoms. The number of nitrogens with one attached hydrogen (secondary N) is 1. The van der Waals surface area contributed by atoms with Crippen molar-refractivity contribution in [2.24, 2.45) is 0 Å². The summed E-state index contributed by atoms with van der Waals surface area (Å²) in [6.07, 6.45) is -1.01. The first-order valence-corrected chi connectivity index (χ1v) is 6.54. The van der Waals surface area contributed by atoms with E-state index in [9.17, 15) is 13.2 Å². The number of fused-ring (bicyclic) bond motifs is 1. The lowest BCUT2D eigenvalue weighted by atomic mass is 10.1. The molecule has 0 fully saturated rings. The maximum atomic E-state index is 12.5. The average molecular weight is 309 g/mol. The van der Waals surface area contributed by atoms with Crippen LogP contribution in [-0.2, 0) is 12.7 Å². The van der Waals surface area contributed by atoms with Gasteiger partial charge in [-0.2, -0.15) is 13.2 Å². The molecule has 0 radical (unpaired) electrons. The van der Waals surface area contributed by atoms with E-state index >= 15 is 0 Å². The molecule has 108 valence electrons. The van der Waals surface area contributed by atoms with Gasteiger partial charge in [0.25, 0.3) is 0 Å². The number of hydrogen-bond acceptors (Lipinski definition) is 2. The molecule has 1 N–H and O–H groups in total. The molecule has 3 rings (SSSR count). The molecule has 0 aliphatic rings. The topological polar surface area (TPSA) is 33.6 Å². The fourth-order valence-electron chi connectivity index (χ4n) is 2.15. The Labute approximate surface area is 123 Å². The van der Waals surface area contributed by atoms with Crippen LogP contribution in [0, 0.1) is 4.77 Å². The second-order valence-electron chi connectivity index (χ2n) is 4.60. The summed E-state index contributed by atoms with van der Waals surface area (Å²) in [6.45, 7) is 0.404. The summed E-state index contributed by atoms with van der Waals surface area (Å²) in [5.74, 6) is 0. The summed E-state index contributed by atoms with van der Waals surface area (Å²) >= 11 is 5.24. The molecular weight excluding hydrogens is 299 g/mol. The first-order valence-electron chi connectivity index (χ1n) is 6.14. The van der Waals surface area contributed by atoms with E-state index in [-0.39, 0.29) is 0 Å². The summed E-state index contributed by atoms with van der Waals surface area (Å²) < 4.78 is 39.9. The smallest absolute Gasteiger partial charge is 0.329 e. The number of imidazole rings is 1. The van der Waals surface area contributed by atoms with Gasteiger partial charge in [0.05, 0.1) is 29.3 Å². The molecule has 0 aliphatic heterocycles. The SMILES string of the molecule is FC(F)(F)c1ccc(Cn2c(=S)[nH]c3cnccc32)cc1. The summed E-state index contributed by atoms with van der Waals surface area (Å²) in [4.78, 5) is 7.02. The number of alkyl halides is 3. The van der Waals surface area contributed by atoms with Crippen molar-refractivity contribution in [2.75, 3.05) is 0 Å². The van der Waals surface area contributed by atoms with Gasteiger partial charge in [-0.25, -0.2) is 0 Å². The Kier molecular flexibility index (Phi) is 3.29. The van der Waals surface area contributed by atoms with E-state index < -0.39 is 11.7 Å². The minimum Gasteiger partial charge on any atom is -0.329 e. The van der Waals surface area contributed by atoms with Crippen LogP contribution in [0.1, 0.15) is 11.1 Å². The molecule has 21 heavy (non-hydrogen) atoms. The van der Waals surface area contributed by atoms with Crippen LogP contribution in [-0.4, -0.2) is 14.5 Å². The Morgan fingerprint density at radius 1 is 1.14 bits per heavy atom. The average Bonchev–Trinajstić information content (AvgIpc) is 2.75. The molecule has 2 aromatic heterocycles. The summed E-state index contributed by atoms with van der Waals surface area (Å²) in [5.41, 5.74) is 1.76. The van der Waals surface area contributed by atoms with Crippen LogP contribution in [0.2, 0.25) is 0 Å². The van der Waals surface area contributed by atoms with Crippen molar-refractivity contribution in [3.05, 3.63) is 58.6 Å². The second-order valence-corrected chi connectivity index (χ2v) is 4.99. The third-order valence-corrected chi connectivity index (χ3v) is 3.52. The van der Waals surface area contributed by atoms with Crippen LogP contribution in [0.4, 0.5) is 13.2 Å². The van der Waals surface area contributed by atoms with Gasteiger partial charge in [0, 0.05) is 6.20 Å². The van der Waals surface area contributed by atoms with E-state index in [1.807, 2.05) is 10.6 Å². The summed E-state index contributed by atoms with van der Waals surface area (Å²) in [6, 6.07) is 6.89. The van der Waals surface area contributed by atoms with Crippen LogP contribution in [0.3, 0.4) is 0 Å². The second kappa shape index (κ2) is 5.00. The maximum absolute atomic E-state index is 12.5. The number of pyridine rings is 1. The van der Waals surface area contributed by atoms with Gasteiger partial charge in [0.15, 0.2) is 4.77 Å². The van der Waals surface area contributed by atoms with Crippen LogP contribution in [0.5, 0.6) is 0 Å². The Morgan fingerprint density at radius 3 is 2.52 bits per heavy atom. The molecule has 7 heteroatoms. The number of halogens is 3. The van der Waals surface area contributed by atoms with Gasteiger partial charge >= 0.3 is 6.18 Å². The van der Waals surface area contributed by atoms with Crippen molar-refractivity contribution >= 4 is 23.3 Å². The van der Waals surface area contributed by atoms with Gasteiger partial charge in [0.1, 0.15) is 0 Å². The van der Waals surface area contributed by atoms with Crippen molar-refractivity contribution in [2.45, 2.75) is 12.7 Å². The lowest BCUT2D eigenvalue weighted by Gasteiger charge is -2.08. The first-order chi connectivity index (χ1) is 9.95. The van der Waals surface area contributed by atoms with Crippen molar-refractivity contribution in [1.82, 2.24) is 14.5 Å². The highest BCUT2D eigenvalue weighted by molar-refractivity contribution is 7.71. The molecule has 0 bridgehead atoms. The molecule has 0 atom stereocenters. The van der Waals surface area contributed by atoms with Gasteiger partial charge in [-0.05, 0) is 36.0 Å². The Balaban J connectivity index is 1.96. The zero-order chi connectivity index (χ0) is 15.0. The van der Waals surface area contributed by atoms with Gasteiger partial charge in [-0.15, -0.1) is 0 Å². The predicted octanol–water partition coefficient (Wildman–Crippen LogP) is 4.16. The molecule has 0 saturated heterocycles. The van der Waals surface area contributed by atoms with Crippen LogP contribution < -0.4 is 0 Å². The Bertz CT molecular complexity index is 831. The van der Waals surface area contributed by atoms with Crippen molar-refractivity contribution in [3.8, 4) is 0 Å². The van der Waals surface area contributed by atoms with Gasteiger partial charge in [0.2, 0.25) is 0 Å². The Hall–Kier alpha value is -2.15. The molecule has 0 unspecified atom stereocenters. The lowest BCUT2D eigenvalue weighted by molar-refractivity contribution is -0.137. The number of benzene rings is 1. The molecular formula is C14H10F3N3S. The molecule has 1 aromatic carbocycles. The van der Waals surface area contributed by atoms with E-state index in [1.165, 1.54) is 12.1 Å². The van der Waals surface area contributed by atoms with Gasteiger partial charge in [-0.3, -0.25) is 4.98 Å². The van der Waals surface area contributed by atoms with Crippen LogP contribution in [0.15, 0.2) is 42.7 Å². The van der Waals surface area contributed by atoms with Crippen molar-refractivity contribution in [1.29, 1.82) is 0 Å². The highest BCUT2D eigenvalue weighted by Crippen LogP contribution is 2.29. The van der Waals surface area contributed by atoms with E-state index in [0.717, 1.165) is 28.7 Å². The highest BCUT2D eigenvalue weighted by atomic mass is 32.1. The van der Waals surface area contributed by atoms with Gasteiger partial charge in [-0.1, -0.05) is 12.1 Å². The minimum absolute atomic E-state index is 0.404. The lowest BCUT2D eigenvalue weighted by Crippen LogP contribution is -2.05. The monoisotopic (exact) mass is 309 g/mol. The standard InChI is InChI=1S/C14H10F3N3S/c15-14(16,17)10-3-1-9(2-4-10)8-20-12-5-6-18-7-11(12)19-13(20)21/h1-7H,8H2,(H,19,21). The number of hydrogen-bond donors (Lipinski definition) is 1. The largest absolute Gasteiger partial charge is 0.416 e. The molecule has 3 nitrogen and oxygen atoms in total. The quantitative estimate of drug-likeness (QED) is 0.721. The van der Waals surface area contributed by atoms with E-state index in [1.54, 1.807) is 12.4 Å². The van der Waals surface area contributed by atoms with E-state index in [0.29, 0.717) is 11.3 Å². The molecule has 0 saturated carbocycles. The van der Waals surface area contributed by atoms with E-state index in [2.05, 4.69) is 9.97 Å². The number of nitrogens with zero attached hydrogens (tertiary/aromatic N) is 2. The fourth-order valence-corrected chi connectivity index (χ4v) is 2.42. The van der Waals surface area contributed by atoms with Gasteiger partial charge < -0.3 is 9.55 Å². The van der Waals surface area contributed by atoms with Crippen molar-refractivity contribution in [3.63, 3.8) is 0 Å². The Morgan fingerprint density at radius 2 is 1.86 bits per heavy atom. The number of H-pyrrole nitrogens is 1. The van der Waals surface area contributed by atoms with Crippen LogP contribution >= 0.6 is 12.2 Å². The van der Waals surface area contributed by atoms with Crippen molar-refractivity contribution < 1.29 is 13.2 Å². The zero-order valence-corrected chi connectivity index (χ0v) is 11.5. The number of aromatic amines is 1. The molecule has 3 aromatic rings. The number of aromatic nitrogens is 3.